The van der Waals surface area contributed by atoms with Crippen molar-refractivity contribution >= 4 is 11.9 Å². The van der Waals surface area contributed by atoms with E-state index in [0.717, 1.165) is 24.8 Å². The fourth-order valence-electron chi connectivity index (χ4n) is 3.59. The molecule has 2 atom stereocenters. The van der Waals surface area contributed by atoms with Gasteiger partial charge in [-0.1, -0.05) is 35.5 Å². The van der Waals surface area contributed by atoms with E-state index in [-0.39, 0.29) is 30.2 Å². The van der Waals surface area contributed by atoms with Gasteiger partial charge in [-0.15, -0.1) is 0 Å². The number of hydrogen-bond acceptors (Lipinski definition) is 5. The van der Waals surface area contributed by atoms with E-state index in [1.54, 1.807) is 6.92 Å². The lowest BCUT2D eigenvalue weighted by Gasteiger charge is -2.38. The van der Waals surface area contributed by atoms with Gasteiger partial charge < -0.3 is 14.2 Å². The van der Waals surface area contributed by atoms with Crippen LogP contribution in [0.25, 0.3) is 11.3 Å². The van der Waals surface area contributed by atoms with E-state index in [9.17, 15) is 9.59 Å². The number of amides is 1. The number of piperidine rings is 1. The monoisotopic (exact) mass is 356 g/mol. The molecule has 1 fully saturated rings. The maximum atomic E-state index is 12.6. The molecule has 0 unspecified atom stereocenters. The third kappa shape index (κ3) is 3.64. The zero-order valence-electron chi connectivity index (χ0n) is 15.4. The molecule has 0 saturated carbocycles. The van der Waals surface area contributed by atoms with Gasteiger partial charge in [0.25, 0.3) is 5.91 Å². The first-order valence-electron chi connectivity index (χ1n) is 8.99. The summed E-state index contributed by atoms with van der Waals surface area (Å²) in [5, 5.41) is 3.98. The number of esters is 1. The molecule has 1 aromatic heterocycles. The highest BCUT2D eigenvalue weighted by atomic mass is 16.5. The highest BCUT2D eigenvalue weighted by molar-refractivity contribution is 5.98. The second kappa shape index (κ2) is 7.72. The molecule has 2 heterocycles. The molecule has 3 rings (SSSR count). The van der Waals surface area contributed by atoms with E-state index in [2.05, 4.69) is 5.16 Å². The number of ether oxygens (including phenoxy) is 1. The first-order chi connectivity index (χ1) is 12.5. The Bertz CT molecular complexity index is 774. The van der Waals surface area contributed by atoms with Gasteiger partial charge in [0, 0.05) is 17.6 Å². The number of likely N-dealkylation sites (tertiary alicyclic amines) is 1. The van der Waals surface area contributed by atoms with Crippen molar-refractivity contribution in [2.75, 3.05) is 6.61 Å². The van der Waals surface area contributed by atoms with Gasteiger partial charge in [0.15, 0.2) is 6.61 Å². The number of nitrogens with zero attached hydrogens (tertiary/aromatic N) is 2. The van der Waals surface area contributed by atoms with Crippen molar-refractivity contribution in [3.05, 3.63) is 41.7 Å². The molecule has 0 radical (unpaired) electrons. The molecule has 26 heavy (non-hydrogen) atoms. The average Bonchev–Trinajstić information content (AvgIpc) is 3.02. The quantitative estimate of drug-likeness (QED) is 0.783. The van der Waals surface area contributed by atoms with E-state index in [1.807, 2.05) is 49.1 Å². The molecule has 0 N–H and O–H groups in total. The van der Waals surface area contributed by atoms with Crippen LogP contribution in [0.5, 0.6) is 0 Å². The van der Waals surface area contributed by atoms with Crippen LogP contribution in [0.2, 0.25) is 0 Å². The molecule has 0 spiro atoms. The Hall–Kier alpha value is -2.63. The van der Waals surface area contributed by atoms with Crippen LogP contribution < -0.4 is 0 Å². The summed E-state index contributed by atoms with van der Waals surface area (Å²) in [4.78, 5) is 26.9. The van der Waals surface area contributed by atoms with Crippen LogP contribution in [0, 0.1) is 6.92 Å². The third-order valence-corrected chi connectivity index (χ3v) is 4.92. The Morgan fingerprint density at radius 2 is 1.85 bits per heavy atom. The topological polar surface area (TPSA) is 72.6 Å². The Balaban J connectivity index is 1.71. The van der Waals surface area contributed by atoms with Crippen molar-refractivity contribution in [2.45, 2.75) is 52.1 Å². The number of aromatic nitrogens is 1. The van der Waals surface area contributed by atoms with Gasteiger partial charge >= 0.3 is 5.97 Å². The van der Waals surface area contributed by atoms with Crippen LogP contribution in [0.15, 0.2) is 34.9 Å². The summed E-state index contributed by atoms with van der Waals surface area (Å²) in [5.41, 5.74) is 1.46. The maximum Gasteiger partial charge on any atom is 0.344 e. The first-order valence-corrected chi connectivity index (χ1v) is 8.99. The minimum Gasteiger partial charge on any atom is -0.452 e. The van der Waals surface area contributed by atoms with E-state index >= 15 is 0 Å². The lowest BCUT2D eigenvalue weighted by Crippen LogP contribution is -2.49. The second-order valence-electron chi connectivity index (χ2n) is 6.83. The largest absolute Gasteiger partial charge is 0.452 e. The van der Waals surface area contributed by atoms with E-state index in [4.69, 9.17) is 9.26 Å². The molecule has 1 aromatic carbocycles. The molecule has 1 amide bonds. The van der Waals surface area contributed by atoms with Gasteiger partial charge in [0.2, 0.25) is 0 Å². The van der Waals surface area contributed by atoms with Crippen LogP contribution in [0.3, 0.4) is 0 Å². The molecule has 1 aliphatic rings. The van der Waals surface area contributed by atoms with Crippen molar-refractivity contribution in [1.29, 1.82) is 0 Å². The summed E-state index contributed by atoms with van der Waals surface area (Å²) in [5.74, 6) is -0.373. The maximum absolute atomic E-state index is 12.6. The Kier molecular flexibility index (Phi) is 5.40. The number of carbonyl (C=O) groups excluding carboxylic acids is 2. The standard InChI is InChI=1S/C20H24N2O4/c1-13-8-7-9-14(2)22(13)17(23)12-25-20(24)18-15(3)26-21-19(18)16-10-5-4-6-11-16/h4-6,10-11,13-14H,7-9,12H2,1-3H3/t13-,14-/m0/s1. The predicted octanol–water partition coefficient (Wildman–Crippen LogP) is 3.60. The van der Waals surface area contributed by atoms with E-state index in [1.165, 1.54) is 0 Å². The molecule has 1 aliphatic heterocycles. The van der Waals surface area contributed by atoms with Crippen LogP contribution in [-0.4, -0.2) is 40.6 Å². The fraction of sp³-hybridized carbons (Fsp3) is 0.450. The molecule has 0 aliphatic carbocycles. The van der Waals surface area contributed by atoms with Gasteiger partial charge in [-0.3, -0.25) is 4.79 Å². The lowest BCUT2D eigenvalue weighted by atomic mass is 9.97. The van der Waals surface area contributed by atoms with Gasteiger partial charge in [-0.05, 0) is 40.0 Å². The molecule has 2 aromatic rings. The first kappa shape index (κ1) is 18.2. The number of hydrogen-bond donors (Lipinski definition) is 0. The summed E-state index contributed by atoms with van der Waals surface area (Å²) in [6, 6.07) is 9.62. The van der Waals surface area contributed by atoms with Crippen LogP contribution in [0.1, 0.15) is 49.2 Å². The lowest BCUT2D eigenvalue weighted by molar-refractivity contribution is -0.140. The summed E-state index contributed by atoms with van der Waals surface area (Å²) >= 11 is 0. The minimum atomic E-state index is -0.590. The van der Waals surface area contributed by atoms with Gasteiger partial charge in [0.05, 0.1) is 0 Å². The SMILES string of the molecule is Cc1onc(-c2ccccc2)c1C(=O)OCC(=O)N1[C@@H](C)CCC[C@@H]1C. The normalized spacial score (nSPS) is 20.0. The van der Waals surface area contributed by atoms with Gasteiger partial charge in [-0.25, -0.2) is 4.79 Å². The zero-order chi connectivity index (χ0) is 18.7. The van der Waals surface area contributed by atoms with Crippen LogP contribution >= 0.6 is 0 Å². The molecular weight excluding hydrogens is 332 g/mol. The number of rotatable bonds is 4. The third-order valence-electron chi connectivity index (χ3n) is 4.92. The molecular formula is C20H24N2O4. The smallest absolute Gasteiger partial charge is 0.344 e. The van der Waals surface area contributed by atoms with E-state index < -0.39 is 5.97 Å². The zero-order valence-corrected chi connectivity index (χ0v) is 15.4. The van der Waals surface area contributed by atoms with Crippen LogP contribution in [0.4, 0.5) is 0 Å². The minimum absolute atomic E-state index is 0.159. The summed E-state index contributed by atoms with van der Waals surface area (Å²) < 4.78 is 10.5. The molecule has 0 bridgehead atoms. The van der Waals surface area contributed by atoms with Crippen LogP contribution in [-0.2, 0) is 9.53 Å². The van der Waals surface area contributed by atoms with Crippen molar-refractivity contribution in [3.63, 3.8) is 0 Å². The molecule has 6 nitrogen and oxygen atoms in total. The highest BCUT2D eigenvalue weighted by Gasteiger charge is 2.30. The van der Waals surface area contributed by atoms with Crippen molar-refractivity contribution in [3.8, 4) is 11.3 Å². The van der Waals surface area contributed by atoms with Crippen molar-refractivity contribution in [2.24, 2.45) is 0 Å². The average molecular weight is 356 g/mol. The summed E-state index contributed by atoms with van der Waals surface area (Å²) in [6.45, 7) is 5.46. The number of carbonyl (C=O) groups is 2. The highest BCUT2D eigenvalue weighted by Crippen LogP contribution is 2.26. The Labute approximate surface area is 153 Å². The van der Waals surface area contributed by atoms with Crippen molar-refractivity contribution in [1.82, 2.24) is 10.1 Å². The number of aryl methyl sites for hydroxylation is 1. The van der Waals surface area contributed by atoms with Gasteiger partial charge in [0.1, 0.15) is 17.0 Å². The molecule has 6 heteroatoms. The molecule has 138 valence electrons. The van der Waals surface area contributed by atoms with Crippen molar-refractivity contribution < 1.29 is 18.8 Å². The molecule has 1 saturated heterocycles. The summed E-state index contributed by atoms with van der Waals surface area (Å²) in [7, 11) is 0. The second-order valence-corrected chi connectivity index (χ2v) is 6.83. The fourth-order valence-corrected chi connectivity index (χ4v) is 3.59. The predicted molar refractivity (Wildman–Crippen MR) is 96.6 cm³/mol. The Morgan fingerprint density at radius 1 is 1.19 bits per heavy atom. The van der Waals surface area contributed by atoms with Gasteiger partial charge in [-0.2, -0.15) is 0 Å². The van der Waals surface area contributed by atoms with E-state index in [0.29, 0.717) is 11.5 Å². The Morgan fingerprint density at radius 3 is 2.50 bits per heavy atom. The summed E-state index contributed by atoms with van der Waals surface area (Å²) in [6.07, 6.45) is 3.08. The number of benzene rings is 1.